The van der Waals surface area contributed by atoms with E-state index in [0.29, 0.717) is 10.9 Å². The van der Waals surface area contributed by atoms with Crippen molar-refractivity contribution in [1.29, 1.82) is 0 Å². The molecule has 0 radical (unpaired) electrons. The van der Waals surface area contributed by atoms with E-state index in [1.807, 2.05) is 27.0 Å². The van der Waals surface area contributed by atoms with Crippen molar-refractivity contribution in [2.75, 3.05) is 6.26 Å². The first-order valence-electron chi connectivity index (χ1n) is 4.90. The molecule has 0 spiro atoms. The van der Waals surface area contributed by atoms with Crippen molar-refractivity contribution in [3.63, 3.8) is 0 Å². The Bertz CT molecular complexity index is 336. The van der Waals surface area contributed by atoms with E-state index >= 15 is 0 Å². The summed E-state index contributed by atoms with van der Waals surface area (Å²) in [6.45, 7) is 5.93. The second-order valence-electron chi connectivity index (χ2n) is 3.76. The van der Waals surface area contributed by atoms with E-state index < -0.39 is 0 Å². The van der Waals surface area contributed by atoms with Crippen LogP contribution in [0.5, 0.6) is 11.8 Å². The molecule has 0 saturated carbocycles. The topological polar surface area (TPSA) is 57.4 Å². The first kappa shape index (κ1) is 12.3. The number of hydrogen-bond acceptors (Lipinski definition) is 4. The van der Waals surface area contributed by atoms with Gasteiger partial charge in [0, 0.05) is 12.1 Å². The van der Waals surface area contributed by atoms with Crippen LogP contribution in [0.25, 0.3) is 0 Å². The fraction of sp³-hybridized carbons (Fsp3) is 0.600. The van der Waals surface area contributed by atoms with Gasteiger partial charge in [0.15, 0.2) is 5.88 Å². The van der Waals surface area contributed by atoms with Crippen molar-refractivity contribution in [1.82, 2.24) is 9.88 Å². The van der Waals surface area contributed by atoms with Gasteiger partial charge in [0.05, 0.1) is 11.1 Å². The monoisotopic (exact) mass is 230 g/mol. The standard InChI is InChI=1S/C10H18N2O2S/c1-6(2)11-7(3)12-9(13)5-8(15-4)10(12)14/h5-7,11,13-14H,1-4H3. The van der Waals surface area contributed by atoms with Crippen LogP contribution < -0.4 is 5.32 Å². The lowest BCUT2D eigenvalue weighted by molar-refractivity contribution is 0.299. The average molecular weight is 230 g/mol. The van der Waals surface area contributed by atoms with Gasteiger partial charge in [-0.25, -0.2) is 0 Å². The highest BCUT2D eigenvalue weighted by Crippen LogP contribution is 2.36. The van der Waals surface area contributed by atoms with Crippen LogP contribution >= 0.6 is 11.8 Å². The van der Waals surface area contributed by atoms with Crippen LogP contribution in [0.2, 0.25) is 0 Å². The maximum Gasteiger partial charge on any atom is 0.209 e. The lowest BCUT2D eigenvalue weighted by Gasteiger charge is -2.20. The summed E-state index contributed by atoms with van der Waals surface area (Å²) in [5.74, 6) is 0.193. The van der Waals surface area contributed by atoms with Crippen molar-refractivity contribution in [2.45, 2.75) is 37.9 Å². The van der Waals surface area contributed by atoms with E-state index in [1.54, 1.807) is 6.07 Å². The summed E-state index contributed by atoms with van der Waals surface area (Å²) in [5, 5.41) is 22.7. The molecule has 1 rings (SSSR count). The Morgan fingerprint density at radius 2 is 1.93 bits per heavy atom. The number of nitrogens with zero attached hydrogens (tertiary/aromatic N) is 1. The van der Waals surface area contributed by atoms with E-state index in [0.717, 1.165) is 0 Å². The second kappa shape index (κ2) is 4.81. The van der Waals surface area contributed by atoms with Crippen molar-refractivity contribution < 1.29 is 10.2 Å². The fourth-order valence-electron chi connectivity index (χ4n) is 1.57. The highest BCUT2D eigenvalue weighted by atomic mass is 32.2. The van der Waals surface area contributed by atoms with E-state index in [1.165, 1.54) is 16.3 Å². The molecule has 1 heterocycles. The molecular weight excluding hydrogens is 212 g/mol. The molecule has 0 bridgehead atoms. The highest BCUT2D eigenvalue weighted by molar-refractivity contribution is 7.98. The lowest BCUT2D eigenvalue weighted by Crippen LogP contribution is -2.29. The fourth-order valence-corrected chi connectivity index (χ4v) is 2.07. The first-order chi connectivity index (χ1) is 6.97. The van der Waals surface area contributed by atoms with Crippen LogP contribution in [0.3, 0.4) is 0 Å². The minimum Gasteiger partial charge on any atom is -0.494 e. The van der Waals surface area contributed by atoms with Crippen LogP contribution in [0.4, 0.5) is 0 Å². The summed E-state index contributed by atoms with van der Waals surface area (Å²) >= 11 is 1.41. The van der Waals surface area contributed by atoms with Gasteiger partial charge in [0.2, 0.25) is 5.88 Å². The normalized spacial score (nSPS) is 13.4. The Morgan fingerprint density at radius 1 is 1.33 bits per heavy atom. The Labute approximate surface area is 94.3 Å². The van der Waals surface area contributed by atoms with Crippen LogP contribution in [0, 0.1) is 0 Å². The number of rotatable bonds is 4. The Morgan fingerprint density at radius 3 is 2.33 bits per heavy atom. The van der Waals surface area contributed by atoms with Gasteiger partial charge in [-0.3, -0.25) is 9.88 Å². The van der Waals surface area contributed by atoms with Gasteiger partial charge in [-0.05, 0) is 27.0 Å². The Balaban J connectivity index is 2.97. The molecule has 0 amide bonds. The van der Waals surface area contributed by atoms with Crippen molar-refractivity contribution in [2.24, 2.45) is 0 Å². The molecule has 15 heavy (non-hydrogen) atoms. The largest absolute Gasteiger partial charge is 0.494 e. The van der Waals surface area contributed by atoms with E-state index in [4.69, 9.17) is 0 Å². The molecule has 0 fully saturated rings. The molecule has 4 nitrogen and oxygen atoms in total. The maximum atomic E-state index is 9.84. The summed E-state index contributed by atoms with van der Waals surface area (Å²) in [7, 11) is 0. The maximum absolute atomic E-state index is 9.84. The van der Waals surface area contributed by atoms with Gasteiger partial charge < -0.3 is 10.2 Å². The molecule has 0 aliphatic rings. The third-order valence-electron chi connectivity index (χ3n) is 2.14. The molecular formula is C10H18N2O2S. The Kier molecular flexibility index (Phi) is 3.93. The molecule has 1 atom stereocenters. The SMILES string of the molecule is CSc1cc(O)n(C(C)NC(C)C)c1O. The number of aromatic nitrogens is 1. The van der Waals surface area contributed by atoms with Gasteiger partial charge >= 0.3 is 0 Å². The van der Waals surface area contributed by atoms with Crippen LogP contribution in [-0.4, -0.2) is 27.1 Å². The predicted octanol–water partition coefficient (Wildman–Crippen LogP) is 2.14. The molecule has 86 valence electrons. The van der Waals surface area contributed by atoms with Crippen molar-refractivity contribution >= 4 is 11.8 Å². The molecule has 0 aromatic carbocycles. The van der Waals surface area contributed by atoms with Crippen molar-refractivity contribution in [3.05, 3.63) is 6.07 Å². The minimum atomic E-state index is -0.133. The van der Waals surface area contributed by atoms with E-state index in [9.17, 15) is 10.2 Å². The van der Waals surface area contributed by atoms with Gasteiger partial charge in [-0.15, -0.1) is 11.8 Å². The summed E-state index contributed by atoms with van der Waals surface area (Å²) in [6, 6.07) is 1.86. The second-order valence-corrected chi connectivity index (χ2v) is 4.61. The molecule has 0 saturated heterocycles. The number of aromatic hydroxyl groups is 2. The minimum absolute atomic E-state index is 0.0810. The predicted molar refractivity (Wildman–Crippen MR) is 62.5 cm³/mol. The van der Waals surface area contributed by atoms with Crippen LogP contribution in [0.1, 0.15) is 26.9 Å². The molecule has 1 unspecified atom stereocenters. The quantitative estimate of drug-likeness (QED) is 0.694. The summed E-state index contributed by atoms with van der Waals surface area (Å²) in [5.41, 5.74) is 0. The molecule has 0 aliphatic heterocycles. The lowest BCUT2D eigenvalue weighted by atomic mass is 10.3. The van der Waals surface area contributed by atoms with Gasteiger partial charge in [0.25, 0.3) is 0 Å². The van der Waals surface area contributed by atoms with Crippen LogP contribution in [-0.2, 0) is 0 Å². The first-order valence-corrected chi connectivity index (χ1v) is 6.13. The molecule has 3 N–H and O–H groups in total. The van der Waals surface area contributed by atoms with Gasteiger partial charge in [0.1, 0.15) is 0 Å². The summed E-state index contributed by atoms with van der Waals surface area (Å²) in [6.07, 6.45) is 1.73. The van der Waals surface area contributed by atoms with E-state index in [2.05, 4.69) is 5.32 Å². The third-order valence-corrected chi connectivity index (χ3v) is 2.88. The zero-order valence-electron chi connectivity index (χ0n) is 9.48. The molecule has 5 heteroatoms. The van der Waals surface area contributed by atoms with Crippen molar-refractivity contribution in [3.8, 4) is 11.8 Å². The number of hydrogen-bond donors (Lipinski definition) is 3. The average Bonchev–Trinajstić information content (AvgIpc) is 2.40. The third kappa shape index (κ3) is 2.60. The summed E-state index contributed by atoms with van der Waals surface area (Å²) < 4.78 is 1.48. The molecule has 1 aromatic heterocycles. The smallest absolute Gasteiger partial charge is 0.209 e. The number of thioether (sulfide) groups is 1. The summed E-state index contributed by atoms with van der Waals surface area (Å²) in [4.78, 5) is 0.685. The van der Waals surface area contributed by atoms with E-state index in [-0.39, 0.29) is 17.9 Å². The molecule has 1 aromatic rings. The zero-order valence-corrected chi connectivity index (χ0v) is 10.3. The van der Waals surface area contributed by atoms with Crippen LogP contribution in [0.15, 0.2) is 11.0 Å². The number of nitrogens with one attached hydrogen (secondary N) is 1. The zero-order chi connectivity index (χ0) is 11.6. The highest BCUT2D eigenvalue weighted by Gasteiger charge is 2.18. The Hall–Kier alpha value is -0.810. The molecule has 0 aliphatic carbocycles. The van der Waals surface area contributed by atoms with Gasteiger partial charge in [-0.1, -0.05) is 0 Å². The van der Waals surface area contributed by atoms with Gasteiger partial charge in [-0.2, -0.15) is 0 Å².